The Labute approximate surface area is 161 Å². The number of nitrogens with zero attached hydrogens (tertiary/aromatic N) is 3. The number of likely N-dealkylation sites (N-methyl/N-ethyl adjacent to an activating group) is 1. The Morgan fingerprint density at radius 2 is 1.44 bits per heavy atom. The lowest BCUT2D eigenvalue weighted by atomic mass is 10.1. The molecule has 0 aliphatic carbocycles. The van der Waals surface area contributed by atoms with Crippen LogP contribution in [0.25, 0.3) is 0 Å². The second-order valence-corrected chi connectivity index (χ2v) is 8.78. The van der Waals surface area contributed by atoms with Gasteiger partial charge in [0.1, 0.15) is 6.04 Å². The number of carbonyl (C=O) groups excluding carboxylic acids is 1. The lowest BCUT2D eigenvalue weighted by molar-refractivity contribution is -0.135. The summed E-state index contributed by atoms with van der Waals surface area (Å²) in [7, 11) is -2.05. The highest BCUT2D eigenvalue weighted by molar-refractivity contribution is 7.88. The van der Waals surface area contributed by atoms with Gasteiger partial charge in [-0.05, 0) is 17.7 Å². The molecule has 0 saturated carbocycles. The van der Waals surface area contributed by atoms with E-state index in [1.807, 2.05) is 36.4 Å². The predicted molar refractivity (Wildman–Crippen MR) is 107 cm³/mol. The van der Waals surface area contributed by atoms with Crippen LogP contribution in [0.2, 0.25) is 0 Å². The van der Waals surface area contributed by atoms with Crippen molar-refractivity contribution in [2.24, 2.45) is 0 Å². The molecule has 0 bridgehead atoms. The minimum Gasteiger partial charge on any atom is -0.368 e. The van der Waals surface area contributed by atoms with Gasteiger partial charge >= 0.3 is 0 Å². The number of hydrogen-bond acceptors (Lipinski definition) is 4. The van der Waals surface area contributed by atoms with Crippen LogP contribution in [0.1, 0.15) is 11.6 Å². The molecule has 0 unspecified atom stereocenters. The number of sulfonamides is 1. The molecule has 2 aromatic rings. The van der Waals surface area contributed by atoms with E-state index in [9.17, 15) is 13.2 Å². The van der Waals surface area contributed by atoms with Crippen molar-refractivity contribution in [2.45, 2.75) is 6.04 Å². The van der Waals surface area contributed by atoms with Crippen molar-refractivity contribution < 1.29 is 13.2 Å². The molecule has 0 radical (unpaired) electrons. The van der Waals surface area contributed by atoms with Crippen LogP contribution in [0.3, 0.4) is 0 Å². The van der Waals surface area contributed by atoms with Gasteiger partial charge in [-0.15, -0.1) is 0 Å². The average molecular weight is 388 g/mol. The molecule has 7 heteroatoms. The van der Waals surface area contributed by atoms with Crippen molar-refractivity contribution in [3.8, 4) is 0 Å². The third-order valence-electron chi connectivity index (χ3n) is 4.95. The molecular formula is C20H25N3O3S. The Morgan fingerprint density at radius 1 is 0.926 bits per heavy atom. The van der Waals surface area contributed by atoms with Crippen LogP contribution in [0.5, 0.6) is 0 Å². The summed E-state index contributed by atoms with van der Waals surface area (Å²) in [6.07, 6.45) is 1.13. The van der Waals surface area contributed by atoms with E-state index in [1.54, 1.807) is 17.0 Å². The maximum atomic E-state index is 13.2. The SMILES string of the molecule is CN([C@H](C(=O)N1CCN(c2ccccc2)CC1)c1ccccc1)S(C)(=O)=O. The van der Waals surface area contributed by atoms with Gasteiger partial charge in [0.05, 0.1) is 6.26 Å². The summed E-state index contributed by atoms with van der Waals surface area (Å²) in [6.45, 7) is 2.57. The first-order chi connectivity index (χ1) is 12.9. The number of carbonyl (C=O) groups is 1. The standard InChI is InChI=1S/C20H25N3O3S/c1-21(27(2,25)26)19(17-9-5-3-6-10-17)20(24)23-15-13-22(14-16-23)18-11-7-4-8-12-18/h3-12,19H,13-16H2,1-2H3/t19-/m0/s1. The van der Waals surface area contributed by atoms with Gasteiger partial charge in [0.25, 0.3) is 0 Å². The van der Waals surface area contributed by atoms with E-state index in [-0.39, 0.29) is 5.91 Å². The number of para-hydroxylation sites is 1. The maximum absolute atomic E-state index is 13.2. The van der Waals surface area contributed by atoms with Crippen molar-refractivity contribution >= 4 is 21.6 Å². The van der Waals surface area contributed by atoms with Crippen LogP contribution in [-0.4, -0.2) is 63.0 Å². The zero-order valence-corrected chi connectivity index (χ0v) is 16.5. The second kappa shape index (κ2) is 8.10. The molecule has 1 amide bonds. The fourth-order valence-electron chi connectivity index (χ4n) is 3.33. The van der Waals surface area contributed by atoms with Gasteiger partial charge in [-0.25, -0.2) is 8.42 Å². The van der Waals surface area contributed by atoms with Gasteiger partial charge in [0.15, 0.2) is 0 Å². The minimum atomic E-state index is -3.51. The van der Waals surface area contributed by atoms with E-state index in [0.29, 0.717) is 18.7 Å². The lowest BCUT2D eigenvalue weighted by Crippen LogP contribution is -2.52. The Bertz CT molecular complexity index is 864. The molecule has 1 atom stereocenters. The molecule has 2 aromatic carbocycles. The number of rotatable bonds is 5. The molecule has 1 aliphatic rings. The van der Waals surface area contributed by atoms with Crippen molar-refractivity contribution in [2.75, 3.05) is 44.4 Å². The molecule has 27 heavy (non-hydrogen) atoms. The van der Waals surface area contributed by atoms with Crippen LogP contribution in [0.4, 0.5) is 5.69 Å². The minimum absolute atomic E-state index is 0.179. The van der Waals surface area contributed by atoms with E-state index in [4.69, 9.17) is 0 Å². The number of benzene rings is 2. The van der Waals surface area contributed by atoms with Crippen LogP contribution in [-0.2, 0) is 14.8 Å². The summed E-state index contributed by atoms with van der Waals surface area (Å²) >= 11 is 0. The van der Waals surface area contributed by atoms with Crippen LogP contribution in [0.15, 0.2) is 60.7 Å². The third-order valence-corrected chi connectivity index (χ3v) is 6.21. The summed E-state index contributed by atoms with van der Waals surface area (Å²) in [6, 6.07) is 18.3. The highest BCUT2D eigenvalue weighted by Gasteiger charge is 2.35. The second-order valence-electron chi connectivity index (χ2n) is 6.74. The number of amides is 1. The monoisotopic (exact) mass is 387 g/mol. The summed E-state index contributed by atoms with van der Waals surface area (Å²) in [4.78, 5) is 17.2. The van der Waals surface area contributed by atoms with Gasteiger partial charge in [0, 0.05) is 38.9 Å². The summed E-state index contributed by atoms with van der Waals surface area (Å²) in [5.74, 6) is -0.179. The molecule has 1 aliphatic heterocycles. The third kappa shape index (κ3) is 4.48. The maximum Gasteiger partial charge on any atom is 0.245 e. The van der Waals surface area contributed by atoms with E-state index < -0.39 is 16.1 Å². The van der Waals surface area contributed by atoms with Crippen LogP contribution >= 0.6 is 0 Å². The van der Waals surface area contributed by atoms with E-state index in [1.165, 1.54) is 7.05 Å². The van der Waals surface area contributed by atoms with Crippen molar-refractivity contribution in [1.82, 2.24) is 9.21 Å². The van der Waals surface area contributed by atoms with Gasteiger partial charge in [0.2, 0.25) is 15.9 Å². The highest BCUT2D eigenvalue weighted by Crippen LogP contribution is 2.25. The number of anilines is 1. The lowest BCUT2D eigenvalue weighted by Gasteiger charge is -2.38. The van der Waals surface area contributed by atoms with E-state index >= 15 is 0 Å². The number of hydrogen-bond donors (Lipinski definition) is 0. The Hall–Kier alpha value is -2.38. The Kier molecular flexibility index (Phi) is 5.82. The fraction of sp³-hybridized carbons (Fsp3) is 0.350. The molecule has 1 heterocycles. The highest BCUT2D eigenvalue weighted by atomic mass is 32.2. The molecule has 1 fully saturated rings. The summed E-state index contributed by atoms with van der Waals surface area (Å²) in [5, 5.41) is 0. The smallest absolute Gasteiger partial charge is 0.245 e. The van der Waals surface area contributed by atoms with Crippen molar-refractivity contribution in [3.63, 3.8) is 0 Å². The van der Waals surface area contributed by atoms with Crippen molar-refractivity contribution in [3.05, 3.63) is 66.2 Å². The van der Waals surface area contributed by atoms with Crippen molar-refractivity contribution in [1.29, 1.82) is 0 Å². The predicted octanol–water partition coefficient (Wildman–Crippen LogP) is 1.97. The Balaban J connectivity index is 1.77. The first kappa shape index (κ1) is 19.4. The molecule has 6 nitrogen and oxygen atoms in total. The first-order valence-electron chi connectivity index (χ1n) is 8.94. The molecule has 1 saturated heterocycles. The zero-order valence-electron chi connectivity index (χ0n) is 15.7. The normalized spacial score (nSPS) is 16.4. The summed E-state index contributed by atoms with van der Waals surface area (Å²) < 4.78 is 25.4. The summed E-state index contributed by atoms with van der Waals surface area (Å²) in [5.41, 5.74) is 1.82. The van der Waals surface area contributed by atoms with Gasteiger partial charge in [-0.2, -0.15) is 4.31 Å². The molecule has 0 N–H and O–H groups in total. The van der Waals surface area contributed by atoms with E-state index in [0.717, 1.165) is 29.3 Å². The molecule has 0 spiro atoms. The first-order valence-corrected chi connectivity index (χ1v) is 10.8. The quantitative estimate of drug-likeness (QED) is 0.787. The number of piperazine rings is 1. The topological polar surface area (TPSA) is 60.9 Å². The van der Waals surface area contributed by atoms with Gasteiger partial charge < -0.3 is 9.80 Å². The largest absolute Gasteiger partial charge is 0.368 e. The van der Waals surface area contributed by atoms with Gasteiger partial charge in [-0.1, -0.05) is 48.5 Å². The Morgan fingerprint density at radius 3 is 1.96 bits per heavy atom. The zero-order chi connectivity index (χ0) is 19.4. The molecule has 0 aromatic heterocycles. The molecular weight excluding hydrogens is 362 g/mol. The van der Waals surface area contributed by atoms with Crippen LogP contribution < -0.4 is 4.90 Å². The average Bonchev–Trinajstić information content (AvgIpc) is 2.69. The van der Waals surface area contributed by atoms with E-state index in [2.05, 4.69) is 17.0 Å². The fourth-order valence-corrected chi connectivity index (χ4v) is 3.93. The van der Waals surface area contributed by atoms with Crippen LogP contribution in [0, 0.1) is 0 Å². The van der Waals surface area contributed by atoms with Gasteiger partial charge in [-0.3, -0.25) is 4.79 Å². The molecule has 144 valence electrons. The molecule has 3 rings (SSSR count).